The summed E-state index contributed by atoms with van der Waals surface area (Å²) in [6, 6.07) is 5.11. The van der Waals surface area contributed by atoms with E-state index in [1.807, 2.05) is 0 Å². The van der Waals surface area contributed by atoms with Gasteiger partial charge in [-0.1, -0.05) is 35.7 Å². The normalized spacial score (nSPS) is 18.7. The fraction of sp³-hybridized carbons (Fsp3) is 0.360. The number of thiocarbonyl (C=S) groups is 1. The van der Waals surface area contributed by atoms with Gasteiger partial charge in [-0.05, 0) is 26.0 Å². The summed E-state index contributed by atoms with van der Waals surface area (Å²) < 4.78 is 15.7. The molecule has 3 heterocycles. The highest BCUT2D eigenvalue weighted by molar-refractivity contribution is 8.29. The Kier molecular flexibility index (Phi) is 7.73. The number of carbonyl (C=O) groups excluding carboxylic acids is 5. The maximum Gasteiger partial charge on any atom is 0.346 e. The smallest absolute Gasteiger partial charge is 0.346 e. The first-order valence-electron chi connectivity index (χ1n) is 11.4. The van der Waals surface area contributed by atoms with E-state index in [1.165, 1.54) is 26.2 Å². The van der Waals surface area contributed by atoms with Crippen molar-refractivity contribution in [3.05, 3.63) is 37.8 Å². The predicted molar refractivity (Wildman–Crippen MR) is 146 cm³/mol. The molecule has 0 saturated carbocycles. The van der Waals surface area contributed by atoms with Crippen LogP contribution in [0, 0.1) is 0 Å². The van der Waals surface area contributed by atoms with Crippen LogP contribution in [-0.2, 0) is 33.4 Å². The number of methoxy groups -OCH3 is 3. The van der Waals surface area contributed by atoms with Gasteiger partial charge >= 0.3 is 11.9 Å². The number of hydrogen-bond donors (Lipinski definition) is 0. The monoisotopic (exact) mass is 576 g/mol. The molecule has 1 aromatic rings. The first-order valence-corrected chi connectivity index (χ1v) is 13.4. The number of esters is 2. The third-order valence-corrected chi connectivity index (χ3v) is 9.56. The van der Waals surface area contributed by atoms with Crippen LogP contribution in [0.1, 0.15) is 32.3 Å². The summed E-state index contributed by atoms with van der Waals surface area (Å²) in [4.78, 5) is 66.0. The molecule has 4 rings (SSSR count). The molecule has 0 spiro atoms. The Balaban J connectivity index is 1.86. The second-order valence-electron chi connectivity index (χ2n) is 8.88. The summed E-state index contributed by atoms with van der Waals surface area (Å²) in [7, 11) is 3.93. The van der Waals surface area contributed by atoms with Gasteiger partial charge < -0.3 is 14.2 Å². The summed E-state index contributed by atoms with van der Waals surface area (Å²) in [5.74, 6) is -2.19. The molecule has 3 aliphatic heterocycles. The molecule has 38 heavy (non-hydrogen) atoms. The fourth-order valence-corrected chi connectivity index (χ4v) is 7.41. The maximum absolute atomic E-state index is 13.7. The molecule has 0 atom stereocenters. The van der Waals surface area contributed by atoms with Crippen LogP contribution in [0.5, 0.6) is 5.75 Å². The van der Waals surface area contributed by atoms with Gasteiger partial charge in [-0.2, -0.15) is 0 Å². The number of benzene rings is 1. The number of thioether (sulfide) groups is 2. The van der Waals surface area contributed by atoms with E-state index < -0.39 is 41.7 Å². The zero-order chi connectivity index (χ0) is 27.9. The fourth-order valence-electron chi connectivity index (χ4n) is 4.37. The van der Waals surface area contributed by atoms with Crippen molar-refractivity contribution in [3.63, 3.8) is 0 Å². The number of carbonyl (C=O) groups is 5. The zero-order valence-corrected chi connectivity index (χ0v) is 23.7. The number of rotatable bonds is 5. The highest BCUT2D eigenvalue weighted by atomic mass is 32.2. The van der Waals surface area contributed by atoms with E-state index in [0.29, 0.717) is 31.7 Å². The molecule has 0 radical (unpaired) electrons. The average molecular weight is 577 g/mol. The Morgan fingerprint density at radius 2 is 1.53 bits per heavy atom. The lowest BCUT2D eigenvalue weighted by Crippen LogP contribution is -2.58. The third-order valence-electron chi connectivity index (χ3n) is 6.30. The number of nitrogens with zero attached hydrogens (tertiary/aromatic N) is 2. The quantitative estimate of drug-likeness (QED) is 0.223. The summed E-state index contributed by atoms with van der Waals surface area (Å²) >= 11 is 8.01. The molecule has 200 valence electrons. The van der Waals surface area contributed by atoms with Crippen molar-refractivity contribution in [2.24, 2.45) is 0 Å². The van der Waals surface area contributed by atoms with Crippen LogP contribution in [0.3, 0.4) is 0 Å². The molecule has 3 amide bonds. The molecule has 13 heteroatoms. The van der Waals surface area contributed by atoms with Crippen molar-refractivity contribution in [2.75, 3.05) is 32.8 Å². The minimum atomic E-state index is -1.10. The lowest BCUT2D eigenvalue weighted by molar-refractivity contribution is -0.142. The van der Waals surface area contributed by atoms with E-state index in [9.17, 15) is 24.0 Å². The van der Waals surface area contributed by atoms with Crippen molar-refractivity contribution in [1.82, 2.24) is 4.90 Å². The standard InChI is InChI=1S/C25H24N2O8S3/c1-25(2)21(36)18(24-37-19(22(31)34-4)20(38-24)23(32)35-5)13-7-6-12(33-3)10-14(13)27(25)17(30)11-26-15(28)8-9-16(26)29/h6-7,10H,8-9,11H2,1-5H3. The second kappa shape index (κ2) is 10.5. The van der Waals surface area contributed by atoms with Crippen molar-refractivity contribution >= 4 is 81.5 Å². The van der Waals surface area contributed by atoms with Crippen LogP contribution >= 0.6 is 35.7 Å². The van der Waals surface area contributed by atoms with Gasteiger partial charge in [-0.25, -0.2) is 9.59 Å². The van der Waals surface area contributed by atoms with Crippen molar-refractivity contribution < 1.29 is 38.2 Å². The summed E-state index contributed by atoms with van der Waals surface area (Å²) in [5.41, 5.74) is 0.477. The van der Waals surface area contributed by atoms with Crippen LogP contribution in [0.4, 0.5) is 5.69 Å². The first-order chi connectivity index (χ1) is 18.0. The first kappa shape index (κ1) is 27.9. The second-order valence-corrected chi connectivity index (χ2v) is 11.6. The topological polar surface area (TPSA) is 120 Å². The van der Waals surface area contributed by atoms with Crippen LogP contribution in [0.15, 0.2) is 32.2 Å². The minimum Gasteiger partial charge on any atom is -0.497 e. The molecule has 0 aromatic heterocycles. The number of anilines is 1. The van der Waals surface area contributed by atoms with E-state index in [1.54, 1.807) is 32.0 Å². The van der Waals surface area contributed by atoms with E-state index >= 15 is 0 Å². The average Bonchev–Trinajstić information content (AvgIpc) is 3.47. The molecule has 1 saturated heterocycles. The van der Waals surface area contributed by atoms with Crippen LogP contribution in [0.2, 0.25) is 0 Å². The Morgan fingerprint density at radius 1 is 0.974 bits per heavy atom. The molecular formula is C25H24N2O8S3. The van der Waals surface area contributed by atoms with E-state index in [4.69, 9.17) is 26.4 Å². The van der Waals surface area contributed by atoms with Gasteiger partial charge in [-0.15, -0.1) is 0 Å². The highest BCUT2D eigenvalue weighted by Crippen LogP contribution is 2.56. The van der Waals surface area contributed by atoms with Crippen molar-refractivity contribution in [3.8, 4) is 5.75 Å². The molecule has 3 aliphatic rings. The Morgan fingerprint density at radius 3 is 2.03 bits per heavy atom. The van der Waals surface area contributed by atoms with Crippen LogP contribution in [0.25, 0.3) is 5.57 Å². The lowest BCUT2D eigenvalue weighted by Gasteiger charge is -2.45. The summed E-state index contributed by atoms with van der Waals surface area (Å²) in [6.07, 6.45) is 0.141. The van der Waals surface area contributed by atoms with Gasteiger partial charge in [0.1, 0.15) is 22.1 Å². The summed E-state index contributed by atoms with van der Waals surface area (Å²) in [5, 5.41) is 0. The van der Waals surface area contributed by atoms with Crippen molar-refractivity contribution in [1.29, 1.82) is 0 Å². The number of ether oxygens (including phenoxy) is 3. The van der Waals surface area contributed by atoms with Crippen molar-refractivity contribution in [2.45, 2.75) is 32.2 Å². The molecule has 0 unspecified atom stereocenters. The van der Waals surface area contributed by atoms with Gasteiger partial charge in [0.05, 0.1) is 41.7 Å². The number of likely N-dealkylation sites (tertiary alicyclic amines) is 1. The molecule has 0 N–H and O–H groups in total. The number of hydrogen-bond acceptors (Lipinski definition) is 11. The van der Waals surface area contributed by atoms with E-state index in [2.05, 4.69) is 0 Å². The minimum absolute atomic E-state index is 0.0705. The van der Waals surface area contributed by atoms with Gasteiger partial charge in [0, 0.05) is 30.0 Å². The summed E-state index contributed by atoms with van der Waals surface area (Å²) in [6.45, 7) is 3.09. The largest absolute Gasteiger partial charge is 0.497 e. The Labute approximate surface area is 232 Å². The van der Waals surface area contributed by atoms with Crippen LogP contribution in [-0.4, -0.2) is 72.8 Å². The zero-order valence-electron chi connectivity index (χ0n) is 21.2. The number of amides is 3. The third kappa shape index (κ3) is 4.63. The maximum atomic E-state index is 13.7. The molecule has 0 aliphatic carbocycles. The van der Waals surface area contributed by atoms with Gasteiger partial charge in [-0.3, -0.25) is 24.2 Å². The predicted octanol–water partition coefficient (Wildman–Crippen LogP) is 3.05. The lowest BCUT2D eigenvalue weighted by atomic mass is 9.83. The molecule has 1 fully saturated rings. The van der Waals surface area contributed by atoms with Gasteiger partial charge in [0.2, 0.25) is 17.7 Å². The van der Waals surface area contributed by atoms with Crippen LogP contribution < -0.4 is 9.64 Å². The molecular weight excluding hydrogens is 552 g/mol. The van der Waals surface area contributed by atoms with Gasteiger partial charge in [0.15, 0.2) is 0 Å². The molecule has 1 aromatic carbocycles. The Bertz CT molecular complexity index is 1320. The van der Waals surface area contributed by atoms with E-state index in [-0.39, 0.29) is 22.7 Å². The Hall–Kier alpha value is -3.16. The number of fused-ring (bicyclic) bond motifs is 1. The molecule has 0 bridgehead atoms. The van der Waals surface area contributed by atoms with E-state index in [0.717, 1.165) is 28.4 Å². The SMILES string of the molecule is COC(=O)C1=C(C(=O)OC)SC(=C2C(=S)C(C)(C)N(C(=O)CN3C(=O)CCC3=O)c3cc(OC)ccc32)S1. The van der Waals surface area contributed by atoms with Gasteiger partial charge in [0.25, 0.3) is 0 Å². The number of imide groups is 1. The molecule has 10 nitrogen and oxygen atoms in total. The highest BCUT2D eigenvalue weighted by Gasteiger charge is 2.47.